The van der Waals surface area contributed by atoms with Crippen LogP contribution in [0, 0.1) is 6.92 Å². The monoisotopic (exact) mass is 374 g/mol. The fourth-order valence-corrected chi connectivity index (χ4v) is 2.76. The van der Waals surface area contributed by atoms with Gasteiger partial charge in [0.2, 0.25) is 5.16 Å². The summed E-state index contributed by atoms with van der Waals surface area (Å²) in [6.07, 6.45) is 0. The third-order valence-corrected chi connectivity index (χ3v) is 4.09. The van der Waals surface area contributed by atoms with Crippen molar-refractivity contribution in [1.82, 2.24) is 14.9 Å². The van der Waals surface area contributed by atoms with Crippen molar-refractivity contribution < 1.29 is 4.79 Å². The summed E-state index contributed by atoms with van der Waals surface area (Å²) in [6.45, 7) is 3.78. The lowest BCUT2D eigenvalue weighted by Crippen LogP contribution is -2.25. The molecular formula is C12H12BrClN4OS. The molecular weight excluding hydrogens is 364 g/mol. The zero-order valence-electron chi connectivity index (χ0n) is 10.9. The summed E-state index contributed by atoms with van der Waals surface area (Å²) in [7, 11) is 0. The van der Waals surface area contributed by atoms with Crippen LogP contribution in [0.4, 0.5) is 0 Å². The summed E-state index contributed by atoms with van der Waals surface area (Å²) >= 11 is 10.9. The van der Waals surface area contributed by atoms with Crippen molar-refractivity contribution in [1.29, 1.82) is 0 Å². The highest BCUT2D eigenvalue weighted by molar-refractivity contribution is 9.10. The summed E-state index contributed by atoms with van der Waals surface area (Å²) in [6, 6.07) is 5.12. The molecule has 106 valence electrons. The van der Waals surface area contributed by atoms with E-state index < -0.39 is 0 Å². The van der Waals surface area contributed by atoms with Gasteiger partial charge < -0.3 is 0 Å². The fourth-order valence-electron chi connectivity index (χ4n) is 1.53. The first-order chi connectivity index (χ1) is 9.52. The Morgan fingerprint density at radius 1 is 1.50 bits per heavy atom. The lowest BCUT2D eigenvalue weighted by Gasteiger charge is -2.10. The Balaban J connectivity index is 2.28. The summed E-state index contributed by atoms with van der Waals surface area (Å²) in [5, 5.41) is 9.00. The molecule has 0 radical (unpaired) electrons. The standard InChI is InChI=1S/C12H12BrClN4OS/c1-3-20-12-16-15-7(2)18(12)17-11(19)9-6-8(13)4-5-10(9)14/h4-6H,3H2,1-2H3,(H,17,19). The van der Waals surface area contributed by atoms with Gasteiger partial charge in [0, 0.05) is 4.47 Å². The summed E-state index contributed by atoms with van der Waals surface area (Å²) in [5.74, 6) is 1.14. The third-order valence-electron chi connectivity index (χ3n) is 2.45. The SMILES string of the molecule is CCSc1nnc(C)n1NC(=O)c1cc(Br)ccc1Cl. The van der Waals surface area contributed by atoms with E-state index in [9.17, 15) is 4.79 Å². The molecule has 0 fully saturated rings. The van der Waals surface area contributed by atoms with E-state index in [-0.39, 0.29) is 5.91 Å². The average molecular weight is 376 g/mol. The molecule has 8 heteroatoms. The van der Waals surface area contributed by atoms with Crippen LogP contribution in [0.2, 0.25) is 5.02 Å². The number of nitrogens with zero attached hydrogens (tertiary/aromatic N) is 3. The molecule has 1 heterocycles. The molecule has 0 bridgehead atoms. The number of nitrogens with one attached hydrogen (secondary N) is 1. The number of halogens is 2. The predicted molar refractivity (Wildman–Crippen MR) is 84.0 cm³/mol. The molecule has 1 aromatic carbocycles. The number of carbonyl (C=O) groups is 1. The number of carbonyl (C=O) groups excluding carboxylic acids is 1. The topological polar surface area (TPSA) is 59.8 Å². The van der Waals surface area contributed by atoms with Crippen LogP contribution >= 0.6 is 39.3 Å². The highest BCUT2D eigenvalue weighted by Gasteiger charge is 2.15. The number of aryl methyl sites for hydroxylation is 1. The van der Waals surface area contributed by atoms with Gasteiger partial charge in [0.1, 0.15) is 5.82 Å². The first-order valence-corrected chi connectivity index (χ1v) is 7.99. The zero-order chi connectivity index (χ0) is 14.7. The lowest BCUT2D eigenvalue weighted by atomic mass is 10.2. The van der Waals surface area contributed by atoms with Crippen LogP contribution in [-0.2, 0) is 0 Å². The Morgan fingerprint density at radius 2 is 2.25 bits per heavy atom. The van der Waals surface area contributed by atoms with Crippen LogP contribution in [0.5, 0.6) is 0 Å². The van der Waals surface area contributed by atoms with Crippen LogP contribution in [0.15, 0.2) is 27.8 Å². The molecule has 2 aromatic rings. The Morgan fingerprint density at radius 3 is 2.95 bits per heavy atom. The second kappa shape index (κ2) is 6.60. The maximum Gasteiger partial charge on any atom is 0.271 e. The van der Waals surface area contributed by atoms with Gasteiger partial charge in [0.15, 0.2) is 0 Å². The van der Waals surface area contributed by atoms with E-state index in [2.05, 4.69) is 31.6 Å². The van der Waals surface area contributed by atoms with Crippen molar-refractivity contribution in [3.8, 4) is 0 Å². The van der Waals surface area contributed by atoms with Crippen molar-refractivity contribution in [3.63, 3.8) is 0 Å². The number of rotatable bonds is 4. The Labute approximate surface area is 134 Å². The third kappa shape index (κ3) is 3.34. The number of thioether (sulfide) groups is 1. The molecule has 0 saturated carbocycles. The van der Waals surface area contributed by atoms with Crippen LogP contribution in [0.25, 0.3) is 0 Å². The number of aromatic nitrogens is 3. The van der Waals surface area contributed by atoms with Crippen LogP contribution < -0.4 is 5.43 Å². The van der Waals surface area contributed by atoms with Gasteiger partial charge in [-0.3, -0.25) is 10.2 Å². The van der Waals surface area contributed by atoms with Gasteiger partial charge in [-0.05, 0) is 30.9 Å². The van der Waals surface area contributed by atoms with Gasteiger partial charge in [-0.1, -0.05) is 46.2 Å². The Hall–Kier alpha value is -1.05. The van der Waals surface area contributed by atoms with Crippen molar-refractivity contribution >= 4 is 45.2 Å². The fraction of sp³-hybridized carbons (Fsp3) is 0.250. The first-order valence-electron chi connectivity index (χ1n) is 5.84. The molecule has 0 aliphatic rings. The van der Waals surface area contributed by atoms with E-state index in [4.69, 9.17) is 11.6 Å². The Kier molecular flexibility index (Phi) is 5.06. The molecule has 1 aromatic heterocycles. The molecule has 5 nitrogen and oxygen atoms in total. The van der Waals surface area contributed by atoms with Crippen molar-refractivity contribution in [3.05, 3.63) is 39.1 Å². The first kappa shape index (κ1) is 15.3. The highest BCUT2D eigenvalue weighted by atomic mass is 79.9. The second-order valence-corrected chi connectivity index (χ2v) is 6.42. The van der Waals surface area contributed by atoms with Gasteiger partial charge in [0.25, 0.3) is 5.91 Å². The molecule has 0 atom stereocenters. The molecule has 0 aliphatic carbocycles. The van der Waals surface area contributed by atoms with E-state index in [0.717, 1.165) is 10.2 Å². The minimum absolute atomic E-state index is 0.308. The minimum atomic E-state index is -0.308. The van der Waals surface area contributed by atoms with Crippen molar-refractivity contribution in [2.24, 2.45) is 0 Å². The van der Waals surface area contributed by atoms with Crippen molar-refractivity contribution in [2.45, 2.75) is 19.0 Å². The molecule has 0 saturated heterocycles. The predicted octanol–water partition coefficient (Wildman–Crippen LogP) is 3.50. The van der Waals surface area contributed by atoms with Gasteiger partial charge >= 0.3 is 0 Å². The van der Waals surface area contributed by atoms with E-state index >= 15 is 0 Å². The van der Waals surface area contributed by atoms with Gasteiger partial charge in [-0.15, -0.1) is 10.2 Å². The van der Waals surface area contributed by atoms with E-state index in [0.29, 0.717) is 21.6 Å². The van der Waals surface area contributed by atoms with E-state index in [1.165, 1.54) is 11.8 Å². The molecule has 1 amide bonds. The van der Waals surface area contributed by atoms with Crippen LogP contribution in [-0.4, -0.2) is 26.5 Å². The molecule has 2 rings (SSSR count). The molecule has 20 heavy (non-hydrogen) atoms. The second-order valence-electron chi connectivity index (χ2n) is 3.86. The summed E-state index contributed by atoms with van der Waals surface area (Å²) in [4.78, 5) is 12.3. The maximum absolute atomic E-state index is 12.3. The van der Waals surface area contributed by atoms with Gasteiger partial charge in [-0.2, -0.15) is 0 Å². The van der Waals surface area contributed by atoms with Gasteiger partial charge in [-0.25, -0.2) is 4.68 Å². The summed E-state index contributed by atoms with van der Waals surface area (Å²) in [5.41, 5.74) is 3.14. The molecule has 0 unspecified atom stereocenters. The summed E-state index contributed by atoms with van der Waals surface area (Å²) < 4.78 is 2.35. The Bertz CT molecular complexity index is 646. The molecule has 0 aliphatic heterocycles. The largest absolute Gasteiger partial charge is 0.271 e. The minimum Gasteiger partial charge on any atom is -0.267 e. The van der Waals surface area contributed by atoms with Crippen LogP contribution in [0.1, 0.15) is 23.1 Å². The smallest absolute Gasteiger partial charge is 0.267 e. The number of hydrogen-bond acceptors (Lipinski definition) is 4. The number of benzene rings is 1. The molecule has 0 spiro atoms. The highest BCUT2D eigenvalue weighted by Crippen LogP contribution is 2.22. The normalized spacial score (nSPS) is 10.6. The van der Waals surface area contributed by atoms with Gasteiger partial charge in [0.05, 0.1) is 10.6 Å². The quantitative estimate of drug-likeness (QED) is 0.831. The van der Waals surface area contributed by atoms with E-state index in [1.54, 1.807) is 29.8 Å². The zero-order valence-corrected chi connectivity index (χ0v) is 14.0. The van der Waals surface area contributed by atoms with E-state index in [1.807, 2.05) is 6.92 Å². The van der Waals surface area contributed by atoms with Crippen LogP contribution in [0.3, 0.4) is 0 Å². The number of hydrogen-bond donors (Lipinski definition) is 1. The lowest BCUT2D eigenvalue weighted by molar-refractivity contribution is 0.101. The number of amides is 1. The molecule has 1 N–H and O–H groups in total. The maximum atomic E-state index is 12.3. The van der Waals surface area contributed by atoms with Crippen molar-refractivity contribution in [2.75, 3.05) is 11.2 Å². The average Bonchev–Trinajstić information content (AvgIpc) is 2.75.